The first-order valence-electron chi connectivity index (χ1n) is 6.90. The standard InChI is InChI=1S/C17H15BrN2O3S/c1-23-13-6-2-11(3-7-13)4-9-16(22)20-17(24)19-14-10-12(18)5-8-15(14)21/h2-10,21H,1H3,(H2,19,20,22,24)/b9-4+. The van der Waals surface area contributed by atoms with Gasteiger partial charge in [0.15, 0.2) is 5.11 Å². The first kappa shape index (κ1) is 18.0. The number of hydrogen-bond donors (Lipinski definition) is 3. The van der Waals surface area contributed by atoms with Gasteiger partial charge < -0.3 is 15.2 Å². The van der Waals surface area contributed by atoms with Crippen molar-refractivity contribution in [1.82, 2.24) is 5.32 Å². The molecule has 3 N–H and O–H groups in total. The van der Waals surface area contributed by atoms with E-state index in [2.05, 4.69) is 26.6 Å². The van der Waals surface area contributed by atoms with Gasteiger partial charge in [0, 0.05) is 10.5 Å². The van der Waals surface area contributed by atoms with E-state index in [1.54, 1.807) is 37.5 Å². The van der Waals surface area contributed by atoms with E-state index in [9.17, 15) is 9.90 Å². The minimum absolute atomic E-state index is 0.0311. The van der Waals surface area contributed by atoms with Crippen LogP contribution in [0.4, 0.5) is 5.69 Å². The number of aromatic hydroxyl groups is 1. The van der Waals surface area contributed by atoms with Crippen molar-refractivity contribution in [2.75, 3.05) is 12.4 Å². The molecule has 2 aromatic carbocycles. The Hall–Kier alpha value is -2.38. The lowest BCUT2D eigenvalue weighted by Crippen LogP contribution is -2.32. The fraction of sp³-hybridized carbons (Fsp3) is 0.0588. The summed E-state index contributed by atoms with van der Waals surface area (Å²) in [6.45, 7) is 0. The first-order valence-corrected chi connectivity index (χ1v) is 8.10. The van der Waals surface area contributed by atoms with Crippen molar-refractivity contribution >= 4 is 50.9 Å². The molecular weight excluding hydrogens is 392 g/mol. The van der Waals surface area contributed by atoms with Gasteiger partial charge in [-0.05, 0) is 54.2 Å². The summed E-state index contributed by atoms with van der Waals surface area (Å²) in [5, 5.41) is 15.1. The van der Waals surface area contributed by atoms with Crippen LogP contribution in [0.2, 0.25) is 0 Å². The smallest absolute Gasteiger partial charge is 0.250 e. The third-order valence-corrected chi connectivity index (χ3v) is 3.68. The molecule has 0 radical (unpaired) electrons. The number of amides is 1. The Morgan fingerprint density at radius 3 is 2.62 bits per heavy atom. The molecule has 0 aromatic heterocycles. The molecule has 2 rings (SSSR count). The Labute approximate surface area is 153 Å². The lowest BCUT2D eigenvalue weighted by atomic mass is 10.2. The zero-order valence-corrected chi connectivity index (χ0v) is 15.1. The molecule has 0 fully saturated rings. The number of carbonyl (C=O) groups is 1. The van der Waals surface area contributed by atoms with Gasteiger partial charge in [-0.25, -0.2) is 0 Å². The highest BCUT2D eigenvalue weighted by molar-refractivity contribution is 9.10. The van der Waals surface area contributed by atoms with Crippen LogP contribution >= 0.6 is 28.1 Å². The second-order valence-electron chi connectivity index (χ2n) is 4.71. The van der Waals surface area contributed by atoms with E-state index in [0.717, 1.165) is 15.8 Å². The number of carbonyl (C=O) groups excluding carboxylic acids is 1. The minimum atomic E-state index is -0.377. The normalized spacial score (nSPS) is 10.4. The Bertz CT molecular complexity index is 776. The molecule has 0 bridgehead atoms. The number of thiocarbonyl (C=S) groups is 1. The number of ether oxygens (including phenoxy) is 1. The Morgan fingerprint density at radius 2 is 1.96 bits per heavy atom. The average Bonchev–Trinajstić information content (AvgIpc) is 2.56. The monoisotopic (exact) mass is 406 g/mol. The number of benzene rings is 2. The molecule has 5 nitrogen and oxygen atoms in total. The lowest BCUT2D eigenvalue weighted by Gasteiger charge is -2.10. The summed E-state index contributed by atoms with van der Waals surface area (Å²) in [4.78, 5) is 11.9. The van der Waals surface area contributed by atoms with Gasteiger partial charge in [0.25, 0.3) is 0 Å². The first-order chi connectivity index (χ1) is 11.5. The molecule has 0 saturated heterocycles. The van der Waals surface area contributed by atoms with E-state index in [1.165, 1.54) is 12.1 Å². The van der Waals surface area contributed by atoms with Gasteiger partial charge in [-0.2, -0.15) is 0 Å². The third kappa shape index (κ3) is 5.36. The third-order valence-electron chi connectivity index (χ3n) is 2.99. The van der Waals surface area contributed by atoms with Crippen LogP contribution in [0.3, 0.4) is 0 Å². The van der Waals surface area contributed by atoms with Crippen molar-refractivity contribution in [3.05, 3.63) is 58.6 Å². The Morgan fingerprint density at radius 1 is 1.25 bits per heavy atom. The maximum Gasteiger partial charge on any atom is 0.250 e. The van der Waals surface area contributed by atoms with Crippen LogP contribution < -0.4 is 15.4 Å². The molecule has 2 aromatic rings. The summed E-state index contributed by atoms with van der Waals surface area (Å²) in [5.74, 6) is 0.400. The molecule has 0 aliphatic rings. The van der Waals surface area contributed by atoms with Gasteiger partial charge in [-0.1, -0.05) is 28.1 Å². The summed E-state index contributed by atoms with van der Waals surface area (Å²) in [7, 11) is 1.59. The fourth-order valence-corrected chi connectivity index (χ4v) is 2.37. The van der Waals surface area contributed by atoms with Gasteiger partial charge in [0.1, 0.15) is 11.5 Å². The average molecular weight is 407 g/mol. The second-order valence-corrected chi connectivity index (χ2v) is 6.04. The number of phenols is 1. The number of hydrogen-bond acceptors (Lipinski definition) is 4. The molecule has 0 aliphatic carbocycles. The molecule has 0 atom stereocenters. The zero-order valence-electron chi connectivity index (χ0n) is 12.7. The highest BCUT2D eigenvalue weighted by Crippen LogP contribution is 2.26. The van der Waals surface area contributed by atoms with Crippen LogP contribution in [0.5, 0.6) is 11.5 Å². The van der Waals surface area contributed by atoms with Gasteiger partial charge in [0.05, 0.1) is 12.8 Å². The number of methoxy groups -OCH3 is 1. The molecule has 0 spiro atoms. The predicted octanol–water partition coefficient (Wildman–Crippen LogP) is 3.69. The van der Waals surface area contributed by atoms with Gasteiger partial charge in [0.2, 0.25) is 5.91 Å². The van der Waals surface area contributed by atoms with Crippen LogP contribution in [-0.4, -0.2) is 23.2 Å². The van der Waals surface area contributed by atoms with E-state index in [-0.39, 0.29) is 16.8 Å². The fourth-order valence-electron chi connectivity index (χ4n) is 1.80. The summed E-state index contributed by atoms with van der Waals surface area (Å²) < 4.78 is 5.84. The predicted molar refractivity (Wildman–Crippen MR) is 102 cm³/mol. The lowest BCUT2D eigenvalue weighted by molar-refractivity contribution is -0.115. The molecule has 0 saturated carbocycles. The molecule has 1 amide bonds. The molecule has 24 heavy (non-hydrogen) atoms. The van der Waals surface area contributed by atoms with Crippen molar-refractivity contribution in [2.24, 2.45) is 0 Å². The molecular formula is C17H15BrN2O3S. The van der Waals surface area contributed by atoms with E-state index >= 15 is 0 Å². The molecule has 0 aliphatic heterocycles. The largest absolute Gasteiger partial charge is 0.506 e. The number of nitrogens with one attached hydrogen (secondary N) is 2. The molecule has 7 heteroatoms. The van der Waals surface area contributed by atoms with Crippen molar-refractivity contribution in [1.29, 1.82) is 0 Å². The molecule has 0 unspecified atom stereocenters. The second kappa shape index (κ2) is 8.47. The van der Waals surface area contributed by atoms with Crippen LogP contribution in [0.25, 0.3) is 6.08 Å². The maximum absolute atomic E-state index is 11.9. The van der Waals surface area contributed by atoms with Crippen LogP contribution in [0, 0.1) is 0 Å². The Kier molecular flexibility index (Phi) is 6.34. The Balaban J connectivity index is 1.92. The van der Waals surface area contributed by atoms with Crippen molar-refractivity contribution in [3.8, 4) is 11.5 Å². The SMILES string of the molecule is COc1ccc(/C=C/C(=O)NC(=S)Nc2cc(Br)ccc2O)cc1. The van der Waals surface area contributed by atoms with Gasteiger partial charge in [-0.15, -0.1) is 0 Å². The molecule has 0 heterocycles. The van der Waals surface area contributed by atoms with Crippen molar-refractivity contribution in [2.45, 2.75) is 0 Å². The number of anilines is 1. The number of rotatable bonds is 4. The summed E-state index contributed by atoms with van der Waals surface area (Å²) in [6, 6.07) is 12.1. The van der Waals surface area contributed by atoms with Crippen molar-refractivity contribution < 1.29 is 14.6 Å². The number of halogens is 1. The highest BCUT2D eigenvalue weighted by atomic mass is 79.9. The van der Waals surface area contributed by atoms with Crippen molar-refractivity contribution in [3.63, 3.8) is 0 Å². The van der Waals surface area contributed by atoms with Crippen LogP contribution in [-0.2, 0) is 4.79 Å². The van der Waals surface area contributed by atoms with E-state index in [1.807, 2.05) is 12.1 Å². The van der Waals surface area contributed by atoms with Gasteiger partial charge >= 0.3 is 0 Å². The summed E-state index contributed by atoms with van der Waals surface area (Å²) in [5.41, 5.74) is 1.25. The maximum atomic E-state index is 11.9. The van der Waals surface area contributed by atoms with Gasteiger partial charge in [-0.3, -0.25) is 10.1 Å². The van der Waals surface area contributed by atoms with E-state index in [0.29, 0.717) is 5.69 Å². The highest BCUT2D eigenvalue weighted by Gasteiger charge is 2.06. The zero-order chi connectivity index (χ0) is 17.5. The topological polar surface area (TPSA) is 70.6 Å². The minimum Gasteiger partial charge on any atom is -0.506 e. The summed E-state index contributed by atoms with van der Waals surface area (Å²) >= 11 is 8.36. The summed E-state index contributed by atoms with van der Waals surface area (Å²) in [6.07, 6.45) is 3.03. The number of phenolic OH excluding ortho intramolecular Hbond substituents is 1. The van der Waals surface area contributed by atoms with E-state index in [4.69, 9.17) is 17.0 Å². The quantitative estimate of drug-likeness (QED) is 0.410. The molecule has 124 valence electrons. The van der Waals surface area contributed by atoms with E-state index < -0.39 is 0 Å². The van der Waals surface area contributed by atoms with Crippen LogP contribution in [0.15, 0.2) is 53.0 Å². The van der Waals surface area contributed by atoms with Crippen LogP contribution in [0.1, 0.15) is 5.56 Å².